The first-order valence-corrected chi connectivity index (χ1v) is 9.28. The van der Waals surface area contributed by atoms with Gasteiger partial charge in [0.25, 0.3) is 17.0 Å². The number of H-pyrrole nitrogens is 1. The summed E-state index contributed by atoms with van der Waals surface area (Å²) in [6, 6.07) is 4.09. The van der Waals surface area contributed by atoms with E-state index < -0.39 is 11.9 Å². The number of amides is 1. The molecule has 0 aromatic carbocycles. The number of aromatic amines is 1. The highest BCUT2D eigenvalue weighted by Crippen LogP contribution is 2.14. The van der Waals surface area contributed by atoms with Crippen LogP contribution < -0.4 is 21.3 Å². The van der Waals surface area contributed by atoms with Gasteiger partial charge in [0.1, 0.15) is 5.56 Å². The SMILES string of the molecule is Cc1ccc(C(=O)NC(C)c2cc(=O)[nH]c(N3CCN(C)CC3)n2)c(=O)n1C. The van der Waals surface area contributed by atoms with Gasteiger partial charge in [-0.15, -0.1) is 0 Å². The number of piperazine rings is 1. The third-order valence-corrected chi connectivity index (χ3v) is 5.14. The fourth-order valence-corrected chi connectivity index (χ4v) is 3.10. The normalized spacial score (nSPS) is 16.1. The molecule has 0 aliphatic carbocycles. The number of anilines is 1. The van der Waals surface area contributed by atoms with Crippen LogP contribution >= 0.6 is 0 Å². The molecule has 2 aromatic heterocycles. The molecule has 0 radical (unpaired) electrons. The van der Waals surface area contributed by atoms with Crippen molar-refractivity contribution < 1.29 is 4.79 Å². The van der Waals surface area contributed by atoms with E-state index in [0.717, 1.165) is 31.9 Å². The van der Waals surface area contributed by atoms with Gasteiger partial charge in [0.05, 0.1) is 11.7 Å². The number of nitrogens with zero attached hydrogens (tertiary/aromatic N) is 4. The Bertz CT molecular complexity index is 988. The summed E-state index contributed by atoms with van der Waals surface area (Å²) in [7, 11) is 3.68. The van der Waals surface area contributed by atoms with Gasteiger partial charge in [-0.2, -0.15) is 0 Å². The van der Waals surface area contributed by atoms with Crippen molar-refractivity contribution in [3.8, 4) is 0 Å². The Morgan fingerprint density at radius 3 is 2.54 bits per heavy atom. The summed E-state index contributed by atoms with van der Waals surface area (Å²) >= 11 is 0. The zero-order chi connectivity index (χ0) is 20.4. The van der Waals surface area contributed by atoms with Crippen molar-refractivity contribution in [1.82, 2.24) is 24.8 Å². The maximum absolute atomic E-state index is 12.6. The average molecular weight is 386 g/mol. The monoisotopic (exact) mass is 386 g/mol. The number of carbonyl (C=O) groups excluding carboxylic acids is 1. The van der Waals surface area contributed by atoms with E-state index in [1.54, 1.807) is 27.0 Å². The summed E-state index contributed by atoms with van der Waals surface area (Å²) in [5.74, 6) is 0.0132. The van der Waals surface area contributed by atoms with Gasteiger partial charge >= 0.3 is 0 Å². The lowest BCUT2D eigenvalue weighted by atomic mass is 10.2. The molecule has 28 heavy (non-hydrogen) atoms. The number of rotatable bonds is 4. The van der Waals surface area contributed by atoms with Crippen molar-refractivity contribution in [2.24, 2.45) is 7.05 Å². The van der Waals surface area contributed by atoms with Crippen LogP contribution in [-0.2, 0) is 7.05 Å². The van der Waals surface area contributed by atoms with Crippen molar-refractivity contribution in [2.45, 2.75) is 19.9 Å². The second-order valence-electron chi connectivity index (χ2n) is 7.23. The molecule has 1 aliphatic rings. The Hall–Kier alpha value is -2.94. The summed E-state index contributed by atoms with van der Waals surface area (Å²) in [6.45, 7) is 6.85. The van der Waals surface area contributed by atoms with E-state index in [0.29, 0.717) is 11.6 Å². The minimum absolute atomic E-state index is 0.0593. The second kappa shape index (κ2) is 7.97. The van der Waals surface area contributed by atoms with E-state index in [4.69, 9.17) is 0 Å². The molecule has 1 amide bonds. The molecule has 3 heterocycles. The van der Waals surface area contributed by atoms with Crippen LogP contribution in [0, 0.1) is 6.92 Å². The number of nitrogens with one attached hydrogen (secondary N) is 2. The molecule has 0 spiro atoms. The number of aryl methyl sites for hydroxylation is 1. The largest absolute Gasteiger partial charge is 0.344 e. The van der Waals surface area contributed by atoms with Crippen LogP contribution in [0.2, 0.25) is 0 Å². The van der Waals surface area contributed by atoms with Gasteiger partial charge in [-0.3, -0.25) is 19.4 Å². The van der Waals surface area contributed by atoms with Crippen LogP contribution in [0.5, 0.6) is 0 Å². The quantitative estimate of drug-likeness (QED) is 0.768. The molecule has 1 atom stereocenters. The van der Waals surface area contributed by atoms with Crippen molar-refractivity contribution in [1.29, 1.82) is 0 Å². The van der Waals surface area contributed by atoms with Gasteiger partial charge in [0.15, 0.2) is 0 Å². The Labute approximate surface area is 163 Å². The summed E-state index contributed by atoms with van der Waals surface area (Å²) in [5, 5.41) is 2.77. The molecule has 9 heteroatoms. The maximum Gasteiger partial charge on any atom is 0.263 e. The molecule has 0 saturated carbocycles. The molecule has 1 aliphatic heterocycles. The predicted octanol–water partition coefficient (Wildman–Crippen LogP) is 0.0198. The van der Waals surface area contributed by atoms with E-state index in [1.807, 2.05) is 4.90 Å². The zero-order valence-electron chi connectivity index (χ0n) is 16.7. The van der Waals surface area contributed by atoms with Crippen LogP contribution in [0.15, 0.2) is 27.8 Å². The molecule has 0 bridgehead atoms. The Balaban J connectivity index is 1.80. The maximum atomic E-state index is 12.6. The summed E-state index contributed by atoms with van der Waals surface area (Å²) in [5.41, 5.74) is 0.648. The number of carbonyl (C=O) groups is 1. The van der Waals surface area contributed by atoms with E-state index in [-0.39, 0.29) is 16.7 Å². The Kier molecular flexibility index (Phi) is 5.64. The Morgan fingerprint density at radius 1 is 1.18 bits per heavy atom. The van der Waals surface area contributed by atoms with Gasteiger partial charge in [0, 0.05) is 45.0 Å². The van der Waals surface area contributed by atoms with Crippen molar-refractivity contribution in [3.05, 3.63) is 55.9 Å². The van der Waals surface area contributed by atoms with Gasteiger partial charge in [0.2, 0.25) is 5.95 Å². The fraction of sp³-hybridized carbons (Fsp3) is 0.474. The Morgan fingerprint density at radius 2 is 1.86 bits per heavy atom. The lowest BCUT2D eigenvalue weighted by molar-refractivity contribution is 0.0937. The molecule has 2 N–H and O–H groups in total. The first-order chi connectivity index (χ1) is 13.3. The number of pyridine rings is 1. The van der Waals surface area contributed by atoms with Gasteiger partial charge in [-0.1, -0.05) is 0 Å². The van der Waals surface area contributed by atoms with Crippen LogP contribution in [0.3, 0.4) is 0 Å². The van der Waals surface area contributed by atoms with Gasteiger partial charge in [-0.05, 0) is 33.0 Å². The van der Waals surface area contributed by atoms with E-state index >= 15 is 0 Å². The summed E-state index contributed by atoms with van der Waals surface area (Å²) in [4.78, 5) is 48.5. The van der Waals surface area contributed by atoms with Crippen LogP contribution in [0.4, 0.5) is 5.95 Å². The number of aromatic nitrogens is 3. The van der Waals surface area contributed by atoms with E-state index in [2.05, 4.69) is 27.2 Å². The molecule has 2 aromatic rings. The van der Waals surface area contributed by atoms with Gasteiger partial charge < -0.3 is 19.7 Å². The second-order valence-corrected chi connectivity index (χ2v) is 7.23. The predicted molar refractivity (Wildman–Crippen MR) is 107 cm³/mol. The molecule has 1 unspecified atom stereocenters. The minimum Gasteiger partial charge on any atom is -0.344 e. The van der Waals surface area contributed by atoms with Crippen LogP contribution in [0.25, 0.3) is 0 Å². The highest BCUT2D eigenvalue weighted by molar-refractivity contribution is 5.94. The fourth-order valence-electron chi connectivity index (χ4n) is 3.10. The van der Waals surface area contributed by atoms with E-state index in [1.165, 1.54) is 16.7 Å². The van der Waals surface area contributed by atoms with Crippen molar-refractivity contribution in [2.75, 3.05) is 38.1 Å². The molecule has 1 saturated heterocycles. The lowest BCUT2D eigenvalue weighted by Crippen LogP contribution is -2.45. The van der Waals surface area contributed by atoms with Crippen LogP contribution in [0.1, 0.15) is 34.7 Å². The van der Waals surface area contributed by atoms with Crippen LogP contribution in [-0.4, -0.2) is 58.6 Å². The molecule has 150 valence electrons. The smallest absolute Gasteiger partial charge is 0.263 e. The molecular weight excluding hydrogens is 360 g/mol. The number of likely N-dealkylation sites (N-methyl/N-ethyl adjacent to an activating group) is 1. The molecule has 3 rings (SSSR count). The van der Waals surface area contributed by atoms with Gasteiger partial charge in [-0.25, -0.2) is 4.98 Å². The van der Waals surface area contributed by atoms with Crippen molar-refractivity contribution >= 4 is 11.9 Å². The standard InChI is InChI=1S/C19H26N6O3/c1-12-5-6-14(18(28)24(12)4)17(27)20-13(2)15-11-16(26)22-19(21-15)25-9-7-23(3)8-10-25/h5-6,11,13H,7-10H2,1-4H3,(H,20,27)(H,21,22,26). The zero-order valence-corrected chi connectivity index (χ0v) is 16.7. The third kappa shape index (κ3) is 4.14. The average Bonchev–Trinajstić information content (AvgIpc) is 2.66. The summed E-state index contributed by atoms with van der Waals surface area (Å²) < 4.78 is 1.43. The number of hydrogen-bond donors (Lipinski definition) is 2. The topological polar surface area (TPSA) is 103 Å². The first-order valence-electron chi connectivity index (χ1n) is 9.28. The highest BCUT2D eigenvalue weighted by Gasteiger charge is 2.20. The summed E-state index contributed by atoms with van der Waals surface area (Å²) in [6.07, 6.45) is 0. The highest BCUT2D eigenvalue weighted by atomic mass is 16.2. The molecule has 9 nitrogen and oxygen atoms in total. The minimum atomic E-state index is -0.521. The van der Waals surface area contributed by atoms with Crippen molar-refractivity contribution in [3.63, 3.8) is 0 Å². The number of hydrogen-bond acceptors (Lipinski definition) is 6. The molecular formula is C19H26N6O3. The first kappa shape index (κ1) is 19.8. The molecule has 1 fully saturated rings. The lowest BCUT2D eigenvalue weighted by Gasteiger charge is -2.32. The third-order valence-electron chi connectivity index (χ3n) is 5.14. The van der Waals surface area contributed by atoms with E-state index in [9.17, 15) is 14.4 Å².